The van der Waals surface area contributed by atoms with Gasteiger partial charge in [-0.1, -0.05) is 6.07 Å². The average molecular weight is 166 g/mol. The third kappa shape index (κ3) is 2.20. The van der Waals surface area contributed by atoms with Crippen molar-refractivity contribution in [1.82, 2.24) is 4.98 Å². The average Bonchev–Trinajstić information content (AvgIpc) is 2.05. The van der Waals surface area contributed by atoms with Crippen LogP contribution >= 0.6 is 0 Å². The van der Waals surface area contributed by atoms with Crippen LogP contribution in [0, 0.1) is 0 Å². The summed E-state index contributed by atoms with van der Waals surface area (Å²) in [7, 11) is 0. The van der Waals surface area contributed by atoms with Gasteiger partial charge in [-0.3, -0.25) is 0 Å². The molecule has 2 N–H and O–H groups in total. The van der Waals surface area contributed by atoms with Gasteiger partial charge in [-0.25, -0.2) is 4.98 Å². The van der Waals surface area contributed by atoms with Gasteiger partial charge in [0, 0.05) is 6.54 Å². The predicted molar refractivity (Wildman–Crippen MR) is 49.0 cm³/mol. The minimum atomic E-state index is -0.497. The highest BCUT2D eigenvalue weighted by Gasteiger charge is 2.01. The van der Waals surface area contributed by atoms with E-state index in [1.165, 1.54) is 0 Å². The Bertz CT molecular complexity index is 248. The lowest BCUT2D eigenvalue weighted by atomic mass is 10.2. The number of nitrogens with one attached hydrogen (secondary N) is 1. The first-order valence-corrected chi connectivity index (χ1v) is 4.13. The van der Waals surface area contributed by atoms with Crippen LogP contribution in [0.1, 0.15) is 25.6 Å². The number of aliphatic hydroxyl groups is 1. The maximum absolute atomic E-state index is 9.23. The molecule has 1 aromatic rings. The zero-order valence-electron chi connectivity index (χ0n) is 7.41. The minimum Gasteiger partial charge on any atom is -0.387 e. The first-order chi connectivity index (χ1) is 5.74. The summed E-state index contributed by atoms with van der Waals surface area (Å²) in [4.78, 5) is 4.20. The van der Waals surface area contributed by atoms with E-state index in [2.05, 4.69) is 10.3 Å². The molecule has 0 aliphatic heterocycles. The van der Waals surface area contributed by atoms with Crippen molar-refractivity contribution in [3.8, 4) is 0 Å². The number of hydrogen-bond acceptors (Lipinski definition) is 3. The van der Waals surface area contributed by atoms with Gasteiger partial charge in [0.05, 0.1) is 11.8 Å². The zero-order chi connectivity index (χ0) is 8.97. The molecule has 0 spiro atoms. The summed E-state index contributed by atoms with van der Waals surface area (Å²) in [5.74, 6) is 0.816. The molecule has 0 aliphatic rings. The summed E-state index contributed by atoms with van der Waals surface area (Å²) in [6, 6.07) is 5.58. The van der Waals surface area contributed by atoms with Crippen LogP contribution in [0.25, 0.3) is 0 Å². The van der Waals surface area contributed by atoms with Crippen molar-refractivity contribution in [2.45, 2.75) is 20.0 Å². The van der Waals surface area contributed by atoms with E-state index in [1.54, 1.807) is 6.92 Å². The Morgan fingerprint density at radius 3 is 2.92 bits per heavy atom. The van der Waals surface area contributed by atoms with Gasteiger partial charge in [0.15, 0.2) is 0 Å². The van der Waals surface area contributed by atoms with E-state index in [1.807, 2.05) is 25.1 Å². The molecule has 1 heterocycles. The second-order valence-corrected chi connectivity index (χ2v) is 2.65. The van der Waals surface area contributed by atoms with Crippen molar-refractivity contribution in [2.24, 2.45) is 0 Å². The molecule has 3 nitrogen and oxygen atoms in total. The topological polar surface area (TPSA) is 45.1 Å². The molecule has 0 fully saturated rings. The van der Waals surface area contributed by atoms with Crippen LogP contribution in [0.2, 0.25) is 0 Å². The highest BCUT2D eigenvalue weighted by Crippen LogP contribution is 2.11. The lowest BCUT2D eigenvalue weighted by Crippen LogP contribution is -2.02. The number of pyridine rings is 1. The molecule has 1 unspecified atom stereocenters. The molecule has 0 aromatic carbocycles. The molecule has 1 atom stereocenters. The van der Waals surface area contributed by atoms with Crippen LogP contribution in [-0.2, 0) is 0 Å². The van der Waals surface area contributed by atoms with Crippen molar-refractivity contribution in [3.05, 3.63) is 23.9 Å². The van der Waals surface area contributed by atoms with E-state index < -0.39 is 6.10 Å². The van der Waals surface area contributed by atoms with Crippen molar-refractivity contribution in [1.29, 1.82) is 0 Å². The quantitative estimate of drug-likeness (QED) is 0.716. The molecule has 0 radical (unpaired) electrons. The number of rotatable bonds is 3. The van der Waals surface area contributed by atoms with Gasteiger partial charge in [-0.15, -0.1) is 0 Å². The summed E-state index contributed by atoms with van der Waals surface area (Å²) in [5.41, 5.74) is 0.702. The monoisotopic (exact) mass is 166 g/mol. The Labute approximate surface area is 72.5 Å². The Morgan fingerprint density at radius 2 is 2.33 bits per heavy atom. The first-order valence-electron chi connectivity index (χ1n) is 4.13. The highest BCUT2D eigenvalue weighted by molar-refractivity contribution is 5.35. The molecule has 1 aromatic heterocycles. The van der Waals surface area contributed by atoms with Gasteiger partial charge >= 0.3 is 0 Å². The van der Waals surface area contributed by atoms with E-state index in [-0.39, 0.29) is 0 Å². The lowest BCUT2D eigenvalue weighted by molar-refractivity contribution is 0.194. The fraction of sp³-hybridized carbons (Fsp3) is 0.444. The van der Waals surface area contributed by atoms with Gasteiger partial charge in [-0.2, -0.15) is 0 Å². The van der Waals surface area contributed by atoms with Gasteiger partial charge < -0.3 is 10.4 Å². The van der Waals surface area contributed by atoms with E-state index >= 15 is 0 Å². The minimum absolute atomic E-state index is 0.497. The number of aromatic nitrogens is 1. The van der Waals surface area contributed by atoms with Gasteiger partial charge in [0.25, 0.3) is 0 Å². The fourth-order valence-electron chi connectivity index (χ4n) is 0.964. The standard InChI is InChI=1S/C9H14N2O/c1-3-10-9-6-4-5-8(11-9)7(2)12/h4-7,12H,3H2,1-2H3,(H,10,11). The molecule has 1 rings (SSSR count). The Kier molecular flexibility index (Phi) is 3.05. The molecule has 66 valence electrons. The third-order valence-corrected chi connectivity index (χ3v) is 1.56. The van der Waals surface area contributed by atoms with Gasteiger partial charge in [-0.05, 0) is 26.0 Å². The van der Waals surface area contributed by atoms with Crippen LogP contribution < -0.4 is 5.32 Å². The molecule has 3 heteroatoms. The number of nitrogens with zero attached hydrogens (tertiary/aromatic N) is 1. The smallest absolute Gasteiger partial charge is 0.126 e. The van der Waals surface area contributed by atoms with E-state index in [0.29, 0.717) is 5.69 Å². The second-order valence-electron chi connectivity index (χ2n) is 2.65. The molecule has 0 saturated heterocycles. The fourth-order valence-corrected chi connectivity index (χ4v) is 0.964. The zero-order valence-corrected chi connectivity index (χ0v) is 7.41. The maximum Gasteiger partial charge on any atom is 0.126 e. The van der Waals surface area contributed by atoms with Crippen molar-refractivity contribution in [3.63, 3.8) is 0 Å². The van der Waals surface area contributed by atoms with E-state index in [4.69, 9.17) is 0 Å². The van der Waals surface area contributed by atoms with Gasteiger partial charge in [0.1, 0.15) is 5.82 Å². The summed E-state index contributed by atoms with van der Waals surface area (Å²) in [6.45, 7) is 4.56. The predicted octanol–water partition coefficient (Wildman–Crippen LogP) is 1.57. The molecule has 0 saturated carbocycles. The molecule has 0 aliphatic carbocycles. The van der Waals surface area contributed by atoms with E-state index in [9.17, 15) is 5.11 Å². The Morgan fingerprint density at radius 1 is 1.58 bits per heavy atom. The van der Waals surface area contributed by atoms with Crippen LogP contribution in [-0.4, -0.2) is 16.6 Å². The second kappa shape index (κ2) is 4.07. The maximum atomic E-state index is 9.23. The number of hydrogen-bond donors (Lipinski definition) is 2. The largest absolute Gasteiger partial charge is 0.387 e. The highest BCUT2D eigenvalue weighted by atomic mass is 16.3. The molecule has 0 amide bonds. The summed E-state index contributed by atoms with van der Waals surface area (Å²) in [6.07, 6.45) is -0.497. The van der Waals surface area contributed by atoms with Crippen LogP contribution in [0.3, 0.4) is 0 Å². The number of aliphatic hydroxyl groups excluding tert-OH is 1. The van der Waals surface area contributed by atoms with E-state index in [0.717, 1.165) is 12.4 Å². The Hall–Kier alpha value is -1.09. The van der Waals surface area contributed by atoms with Crippen LogP contribution in [0.4, 0.5) is 5.82 Å². The Balaban J connectivity index is 2.81. The van der Waals surface area contributed by atoms with Crippen molar-refractivity contribution in [2.75, 3.05) is 11.9 Å². The third-order valence-electron chi connectivity index (χ3n) is 1.56. The molecular weight excluding hydrogens is 152 g/mol. The molecule has 0 bridgehead atoms. The molecule has 12 heavy (non-hydrogen) atoms. The lowest BCUT2D eigenvalue weighted by Gasteiger charge is -2.06. The SMILES string of the molecule is CCNc1cccc(C(C)O)n1. The summed E-state index contributed by atoms with van der Waals surface area (Å²) >= 11 is 0. The van der Waals surface area contributed by atoms with Gasteiger partial charge in [0.2, 0.25) is 0 Å². The van der Waals surface area contributed by atoms with Crippen molar-refractivity contribution < 1.29 is 5.11 Å². The normalized spacial score (nSPS) is 12.6. The molecular formula is C9H14N2O. The summed E-state index contributed by atoms with van der Waals surface area (Å²) in [5, 5.41) is 12.3. The van der Waals surface area contributed by atoms with Crippen LogP contribution in [0.15, 0.2) is 18.2 Å². The first kappa shape index (κ1) is 9.00. The van der Waals surface area contributed by atoms with Crippen LogP contribution in [0.5, 0.6) is 0 Å². The number of anilines is 1. The van der Waals surface area contributed by atoms with Crippen molar-refractivity contribution >= 4 is 5.82 Å². The summed E-state index contributed by atoms with van der Waals surface area (Å²) < 4.78 is 0.